The van der Waals surface area contributed by atoms with Crippen LogP contribution in [0.5, 0.6) is 0 Å². The molecule has 30 heavy (non-hydrogen) atoms. The lowest BCUT2D eigenvalue weighted by Crippen LogP contribution is -2.10. The number of benzene rings is 3. The number of hydrogen-bond acceptors (Lipinski definition) is 0. The van der Waals surface area contributed by atoms with Gasteiger partial charge < -0.3 is 0 Å². The molecule has 4 rings (SSSR count). The summed E-state index contributed by atoms with van der Waals surface area (Å²) >= 11 is 0. The summed E-state index contributed by atoms with van der Waals surface area (Å²) in [5, 5.41) is 0. The first-order chi connectivity index (χ1) is 14.6. The number of unbranched alkanes of at least 4 members (excludes halogenated alkanes) is 2. The minimum atomic E-state index is -0.157. The number of aryl methyl sites for hydroxylation is 2. The van der Waals surface area contributed by atoms with E-state index in [1.807, 2.05) is 36.4 Å². The molecule has 2 heteroatoms. The topological polar surface area (TPSA) is 0 Å². The van der Waals surface area contributed by atoms with Gasteiger partial charge in [-0.3, -0.25) is 0 Å². The van der Waals surface area contributed by atoms with Crippen LogP contribution in [0.15, 0.2) is 48.5 Å². The van der Waals surface area contributed by atoms with E-state index in [4.69, 9.17) is 0 Å². The summed E-state index contributed by atoms with van der Waals surface area (Å²) in [6.07, 6.45) is 7.31. The van der Waals surface area contributed by atoms with Gasteiger partial charge in [0.15, 0.2) is 0 Å². The quantitative estimate of drug-likeness (QED) is 0.373. The van der Waals surface area contributed by atoms with Crippen LogP contribution in [-0.2, 0) is 25.7 Å². The van der Waals surface area contributed by atoms with Gasteiger partial charge in [-0.2, -0.15) is 0 Å². The number of rotatable bonds is 7. The molecular weight excluding hydrogens is 374 g/mol. The van der Waals surface area contributed by atoms with Crippen molar-refractivity contribution < 1.29 is 8.78 Å². The van der Waals surface area contributed by atoms with Crippen LogP contribution >= 0.6 is 0 Å². The molecule has 0 amide bonds. The van der Waals surface area contributed by atoms with Crippen molar-refractivity contribution in [3.8, 4) is 22.3 Å². The fraction of sp³-hybridized carbons (Fsp3) is 0.357. The van der Waals surface area contributed by atoms with E-state index in [9.17, 15) is 0 Å². The summed E-state index contributed by atoms with van der Waals surface area (Å²) in [6, 6.07) is 16.0. The fourth-order valence-corrected chi connectivity index (χ4v) is 4.55. The minimum absolute atomic E-state index is 0.0845. The molecule has 0 saturated heterocycles. The average Bonchev–Trinajstić information content (AvgIpc) is 2.78. The molecule has 0 radical (unpaired) electrons. The Morgan fingerprint density at radius 3 is 1.87 bits per heavy atom. The zero-order valence-corrected chi connectivity index (χ0v) is 18.0. The maximum Gasteiger partial charge on any atom is 0.134 e. The second kappa shape index (κ2) is 9.12. The zero-order valence-electron chi connectivity index (χ0n) is 18.0. The highest BCUT2D eigenvalue weighted by Gasteiger charge is 2.24. The van der Waals surface area contributed by atoms with E-state index >= 15 is 8.78 Å². The van der Waals surface area contributed by atoms with Crippen molar-refractivity contribution >= 4 is 0 Å². The second-order valence-electron chi connectivity index (χ2n) is 8.42. The van der Waals surface area contributed by atoms with Gasteiger partial charge in [0.2, 0.25) is 0 Å². The van der Waals surface area contributed by atoms with Crippen molar-refractivity contribution in [2.45, 2.75) is 65.2 Å². The molecule has 1 aliphatic rings. The molecule has 0 bridgehead atoms. The summed E-state index contributed by atoms with van der Waals surface area (Å²) in [5.41, 5.74) is 6.80. The van der Waals surface area contributed by atoms with Gasteiger partial charge in [0.1, 0.15) is 11.6 Å². The highest BCUT2D eigenvalue weighted by Crippen LogP contribution is 2.40. The molecule has 3 aromatic carbocycles. The maximum absolute atomic E-state index is 15.5. The molecule has 0 fully saturated rings. The van der Waals surface area contributed by atoms with E-state index < -0.39 is 0 Å². The van der Waals surface area contributed by atoms with Crippen LogP contribution in [-0.4, -0.2) is 0 Å². The third kappa shape index (κ3) is 3.93. The van der Waals surface area contributed by atoms with E-state index in [0.717, 1.165) is 59.1 Å². The molecule has 156 valence electrons. The molecular formula is C28H30F2. The molecule has 0 heterocycles. The molecule has 0 saturated carbocycles. The van der Waals surface area contributed by atoms with Gasteiger partial charge in [0.25, 0.3) is 0 Å². The van der Waals surface area contributed by atoms with Gasteiger partial charge in [-0.25, -0.2) is 8.78 Å². The fourth-order valence-electron chi connectivity index (χ4n) is 4.55. The van der Waals surface area contributed by atoms with Crippen LogP contribution in [0, 0.1) is 11.6 Å². The van der Waals surface area contributed by atoms with Crippen LogP contribution in [0.2, 0.25) is 0 Å². The van der Waals surface area contributed by atoms with E-state index in [1.54, 1.807) is 0 Å². The van der Waals surface area contributed by atoms with Gasteiger partial charge in [0.05, 0.1) is 0 Å². The lowest BCUT2D eigenvalue weighted by Gasteiger charge is -2.23. The van der Waals surface area contributed by atoms with E-state index in [0.29, 0.717) is 18.4 Å². The van der Waals surface area contributed by atoms with E-state index in [1.165, 1.54) is 18.4 Å². The zero-order chi connectivity index (χ0) is 21.1. The standard InChI is InChI=1S/C28H30F2/c1-3-5-7-19-9-11-20(12-10-19)22-15-16-24-23-14-13-21(8-6-4-2)27(29)25(23)17-18-26(24)28(22)30/h9-16H,3-8,17-18H2,1-2H3. The second-order valence-corrected chi connectivity index (χ2v) is 8.42. The Morgan fingerprint density at radius 1 is 0.633 bits per heavy atom. The molecule has 0 atom stereocenters. The predicted molar refractivity (Wildman–Crippen MR) is 122 cm³/mol. The van der Waals surface area contributed by atoms with Crippen molar-refractivity contribution in [2.75, 3.05) is 0 Å². The van der Waals surface area contributed by atoms with Crippen molar-refractivity contribution in [3.05, 3.63) is 82.4 Å². The monoisotopic (exact) mass is 404 g/mol. The van der Waals surface area contributed by atoms with Gasteiger partial charge in [-0.1, -0.05) is 75.2 Å². The van der Waals surface area contributed by atoms with Crippen molar-refractivity contribution in [3.63, 3.8) is 0 Å². The molecule has 0 aromatic heterocycles. The van der Waals surface area contributed by atoms with Crippen LogP contribution in [0.25, 0.3) is 22.3 Å². The summed E-state index contributed by atoms with van der Waals surface area (Å²) in [7, 11) is 0. The highest BCUT2D eigenvalue weighted by atomic mass is 19.1. The lowest BCUT2D eigenvalue weighted by atomic mass is 9.82. The predicted octanol–water partition coefficient (Wildman–Crippen LogP) is 8.08. The van der Waals surface area contributed by atoms with Gasteiger partial charge in [-0.15, -0.1) is 0 Å². The maximum atomic E-state index is 15.5. The van der Waals surface area contributed by atoms with Crippen molar-refractivity contribution in [2.24, 2.45) is 0 Å². The van der Waals surface area contributed by atoms with Crippen LogP contribution < -0.4 is 0 Å². The molecule has 0 unspecified atom stereocenters. The number of halogens is 2. The molecule has 0 aliphatic heterocycles. The first-order valence-corrected chi connectivity index (χ1v) is 11.3. The highest BCUT2D eigenvalue weighted by molar-refractivity contribution is 5.78. The molecule has 0 N–H and O–H groups in total. The van der Waals surface area contributed by atoms with Gasteiger partial charge >= 0.3 is 0 Å². The largest absolute Gasteiger partial charge is 0.206 e. The smallest absolute Gasteiger partial charge is 0.134 e. The van der Waals surface area contributed by atoms with Crippen molar-refractivity contribution in [1.29, 1.82) is 0 Å². The first-order valence-electron chi connectivity index (χ1n) is 11.3. The average molecular weight is 405 g/mol. The Bertz CT molecular complexity index is 1030. The third-order valence-corrected chi connectivity index (χ3v) is 6.37. The summed E-state index contributed by atoms with van der Waals surface area (Å²) in [6.45, 7) is 4.30. The number of hydrogen-bond donors (Lipinski definition) is 0. The van der Waals surface area contributed by atoms with Crippen molar-refractivity contribution in [1.82, 2.24) is 0 Å². The van der Waals surface area contributed by atoms with Gasteiger partial charge in [0, 0.05) is 5.56 Å². The van der Waals surface area contributed by atoms with Gasteiger partial charge in [-0.05, 0) is 77.5 Å². The molecule has 0 spiro atoms. The van der Waals surface area contributed by atoms with E-state index in [2.05, 4.69) is 26.0 Å². The Hall–Kier alpha value is -2.48. The lowest BCUT2D eigenvalue weighted by molar-refractivity contribution is 0.578. The Labute approximate surface area is 179 Å². The summed E-state index contributed by atoms with van der Waals surface area (Å²) in [5.74, 6) is -0.242. The molecule has 0 nitrogen and oxygen atoms in total. The first kappa shape index (κ1) is 20.8. The number of fused-ring (bicyclic) bond motifs is 3. The van der Waals surface area contributed by atoms with E-state index in [-0.39, 0.29) is 11.6 Å². The van der Waals surface area contributed by atoms with Crippen LogP contribution in [0.3, 0.4) is 0 Å². The Kier molecular flexibility index (Phi) is 6.32. The molecule has 3 aromatic rings. The normalized spacial score (nSPS) is 12.5. The Balaban J connectivity index is 1.68. The third-order valence-electron chi connectivity index (χ3n) is 6.37. The Morgan fingerprint density at radius 2 is 1.20 bits per heavy atom. The minimum Gasteiger partial charge on any atom is -0.206 e. The van der Waals surface area contributed by atoms with Crippen LogP contribution in [0.4, 0.5) is 8.78 Å². The summed E-state index contributed by atoms with van der Waals surface area (Å²) < 4.78 is 30.5. The SMILES string of the molecule is CCCCc1ccc(-c2ccc3c(c2F)CCc2c-3ccc(CCCC)c2F)cc1. The molecule has 1 aliphatic carbocycles. The van der Waals surface area contributed by atoms with Crippen LogP contribution in [0.1, 0.15) is 61.8 Å². The summed E-state index contributed by atoms with van der Waals surface area (Å²) in [4.78, 5) is 0.